The minimum absolute atomic E-state index is 0.0977. The molecule has 1 aromatic carbocycles. The molecule has 1 spiro atoms. The minimum atomic E-state index is -0.402. The molecule has 0 unspecified atom stereocenters. The number of nitrogens with zero attached hydrogens (tertiary/aromatic N) is 2. The van der Waals surface area contributed by atoms with Gasteiger partial charge in [-0.1, -0.05) is 6.07 Å². The van der Waals surface area contributed by atoms with Crippen molar-refractivity contribution >= 4 is 5.91 Å². The van der Waals surface area contributed by atoms with Gasteiger partial charge in [0.2, 0.25) is 5.91 Å². The molecule has 0 bridgehead atoms. The molecule has 1 amide bonds. The number of ether oxygens (including phenoxy) is 2. The van der Waals surface area contributed by atoms with E-state index in [2.05, 4.69) is 16.4 Å². The monoisotopic (exact) mass is 367 g/mol. The zero-order valence-electron chi connectivity index (χ0n) is 16.0. The SMILES string of the molecule is COc1ccc(-c2ccnc([C@H]3CC[C@@]4(CCN(C)C4=O)N3)c2)cc1OC. The van der Waals surface area contributed by atoms with Crippen LogP contribution in [0.5, 0.6) is 11.5 Å². The molecule has 1 N–H and O–H groups in total. The number of aromatic nitrogens is 1. The molecule has 1 aromatic heterocycles. The Kier molecular flexibility index (Phi) is 4.52. The molecule has 142 valence electrons. The number of carbonyl (C=O) groups is 1. The number of pyridine rings is 1. The number of amides is 1. The Morgan fingerprint density at radius 2 is 1.89 bits per heavy atom. The highest BCUT2D eigenvalue weighted by Gasteiger charge is 2.50. The molecule has 6 heteroatoms. The quantitative estimate of drug-likeness (QED) is 0.900. The average molecular weight is 367 g/mol. The molecular formula is C21H25N3O3. The second kappa shape index (κ2) is 6.85. The molecule has 2 saturated heterocycles. The highest BCUT2D eigenvalue weighted by Crippen LogP contribution is 2.39. The summed E-state index contributed by atoms with van der Waals surface area (Å²) in [6, 6.07) is 10.1. The lowest BCUT2D eigenvalue weighted by Gasteiger charge is -2.23. The van der Waals surface area contributed by atoms with E-state index in [0.717, 1.165) is 42.6 Å². The zero-order valence-corrected chi connectivity index (χ0v) is 16.0. The number of benzene rings is 1. The van der Waals surface area contributed by atoms with E-state index in [0.29, 0.717) is 11.5 Å². The summed E-state index contributed by atoms with van der Waals surface area (Å²) in [4.78, 5) is 18.9. The Morgan fingerprint density at radius 1 is 1.11 bits per heavy atom. The Labute approximate surface area is 159 Å². The maximum atomic E-state index is 12.5. The molecule has 4 rings (SSSR count). The molecule has 0 saturated carbocycles. The van der Waals surface area contributed by atoms with Gasteiger partial charge in [-0.15, -0.1) is 0 Å². The van der Waals surface area contributed by atoms with Crippen molar-refractivity contribution in [2.45, 2.75) is 30.8 Å². The number of methoxy groups -OCH3 is 2. The molecule has 2 fully saturated rings. The molecule has 6 nitrogen and oxygen atoms in total. The van der Waals surface area contributed by atoms with Crippen LogP contribution < -0.4 is 14.8 Å². The fourth-order valence-electron chi connectivity index (χ4n) is 4.22. The van der Waals surface area contributed by atoms with Crippen LogP contribution in [0.3, 0.4) is 0 Å². The number of likely N-dealkylation sites (N-methyl/N-ethyl adjacent to an activating group) is 1. The fourth-order valence-corrected chi connectivity index (χ4v) is 4.22. The molecule has 0 aliphatic carbocycles. The van der Waals surface area contributed by atoms with Gasteiger partial charge in [0.15, 0.2) is 11.5 Å². The van der Waals surface area contributed by atoms with Crippen molar-refractivity contribution in [3.63, 3.8) is 0 Å². The Morgan fingerprint density at radius 3 is 2.59 bits per heavy atom. The van der Waals surface area contributed by atoms with E-state index in [9.17, 15) is 4.79 Å². The third kappa shape index (κ3) is 3.04. The summed E-state index contributed by atoms with van der Waals surface area (Å²) in [6.07, 6.45) is 4.48. The van der Waals surface area contributed by atoms with Crippen molar-refractivity contribution in [1.82, 2.24) is 15.2 Å². The molecule has 3 heterocycles. The highest BCUT2D eigenvalue weighted by molar-refractivity contribution is 5.88. The number of hydrogen-bond acceptors (Lipinski definition) is 5. The van der Waals surface area contributed by atoms with Gasteiger partial charge in [-0.2, -0.15) is 0 Å². The predicted octanol–water partition coefficient (Wildman–Crippen LogP) is 2.79. The molecule has 2 aliphatic rings. The first-order chi connectivity index (χ1) is 13.1. The van der Waals surface area contributed by atoms with Crippen LogP contribution in [0.2, 0.25) is 0 Å². The normalized spacial score (nSPS) is 24.6. The van der Waals surface area contributed by atoms with Crippen molar-refractivity contribution in [2.24, 2.45) is 0 Å². The van der Waals surface area contributed by atoms with Gasteiger partial charge in [0.25, 0.3) is 0 Å². The summed E-state index contributed by atoms with van der Waals surface area (Å²) in [5, 5.41) is 3.58. The first-order valence-corrected chi connectivity index (χ1v) is 9.28. The van der Waals surface area contributed by atoms with E-state index in [1.807, 2.05) is 42.4 Å². The minimum Gasteiger partial charge on any atom is -0.493 e. The first-order valence-electron chi connectivity index (χ1n) is 9.28. The number of rotatable bonds is 4. The predicted molar refractivity (Wildman–Crippen MR) is 103 cm³/mol. The van der Waals surface area contributed by atoms with Crippen molar-refractivity contribution < 1.29 is 14.3 Å². The van der Waals surface area contributed by atoms with Crippen molar-refractivity contribution in [3.05, 3.63) is 42.2 Å². The third-order valence-electron chi connectivity index (χ3n) is 5.80. The lowest BCUT2D eigenvalue weighted by molar-refractivity contribution is -0.131. The number of likely N-dealkylation sites (tertiary alicyclic amines) is 1. The molecular weight excluding hydrogens is 342 g/mol. The van der Waals surface area contributed by atoms with Crippen LogP contribution in [0.4, 0.5) is 0 Å². The maximum Gasteiger partial charge on any atom is 0.242 e. The molecule has 27 heavy (non-hydrogen) atoms. The van der Waals surface area contributed by atoms with Gasteiger partial charge in [-0.25, -0.2) is 0 Å². The standard InChI is InChI=1S/C21H25N3O3/c1-24-11-9-21(20(24)25)8-6-16(23-21)17-12-15(7-10-22-17)14-4-5-18(26-2)19(13-14)27-3/h4-5,7,10,12-13,16,23H,6,8-9,11H2,1-3H3/t16-,21+/m1/s1. The summed E-state index contributed by atoms with van der Waals surface area (Å²) in [6.45, 7) is 0.817. The van der Waals surface area contributed by atoms with Gasteiger partial charge in [-0.05, 0) is 54.7 Å². The van der Waals surface area contributed by atoms with Crippen LogP contribution in [0.25, 0.3) is 11.1 Å². The van der Waals surface area contributed by atoms with Crippen LogP contribution in [-0.2, 0) is 4.79 Å². The fraction of sp³-hybridized carbons (Fsp3) is 0.429. The van der Waals surface area contributed by atoms with Crippen LogP contribution in [-0.4, -0.2) is 49.1 Å². The van der Waals surface area contributed by atoms with Gasteiger partial charge in [-0.3, -0.25) is 15.1 Å². The largest absolute Gasteiger partial charge is 0.493 e. The molecule has 2 atom stereocenters. The van der Waals surface area contributed by atoms with E-state index in [-0.39, 0.29) is 11.9 Å². The second-order valence-electron chi connectivity index (χ2n) is 7.33. The summed E-state index contributed by atoms with van der Waals surface area (Å²) in [5.41, 5.74) is 2.68. The summed E-state index contributed by atoms with van der Waals surface area (Å²) >= 11 is 0. The highest BCUT2D eigenvalue weighted by atomic mass is 16.5. The van der Waals surface area contributed by atoms with E-state index >= 15 is 0 Å². The zero-order chi connectivity index (χ0) is 19.0. The van der Waals surface area contributed by atoms with Crippen LogP contribution >= 0.6 is 0 Å². The van der Waals surface area contributed by atoms with Gasteiger partial charge < -0.3 is 14.4 Å². The number of hydrogen-bond donors (Lipinski definition) is 1. The van der Waals surface area contributed by atoms with E-state index in [1.165, 1.54) is 0 Å². The molecule has 2 aromatic rings. The average Bonchev–Trinajstić information content (AvgIpc) is 3.27. The summed E-state index contributed by atoms with van der Waals surface area (Å²) < 4.78 is 10.7. The Bertz CT molecular complexity index is 870. The van der Waals surface area contributed by atoms with Gasteiger partial charge in [0, 0.05) is 19.8 Å². The van der Waals surface area contributed by atoms with E-state index < -0.39 is 5.54 Å². The lowest BCUT2D eigenvalue weighted by atomic mass is 9.96. The third-order valence-corrected chi connectivity index (χ3v) is 5.80. The van der Waals surface area contributed by atoms with Gasteiger partial charge >= 0.3 is 0 Å². The van der Waals surface area contributed by atoms with Crippen LogP contribution in [0.15, 0.2) is 36.5 Å². The number of carbonyl (C=O) groups excluding carboxylic acids is 1. The Balaban J connectivity index is 1.60. The molecule has 2 aliphatic heterocycles. The topological polar surface area (TPSA) is 63.7 Å². The van der Waals surface area contributed by atoms with Crippen molar-refractivity contribution in [2.75, 3.05) is 27.8 Å². The van der Waals surface area contributed by atoms with E-state index in [4.69, 9.17) is 9.47 Å². The number of nitrogens with one attached hydrogen (secondary N) is 1. The van der Waals surface area contributed by atoms with E-state index in [1.54, 1.807) is 14.2 Å². The summed E-state index contributed by atoms with van der Waals surface area (Å²) in [7, 11) is 5.14. The van der Waals surface area contributed by atoms with Crippen LogP contribution in [0.1, 0.15) is 31.0 Å². The van der Waals surface area contributed by atoms with Crippen molar-refractivity contribution in [1.29, 1.82) is 0 Å². The van der Waals surface area contributed by atoms with Gasteiger partial charge in [0.05, 0.1) is 26.0 Å². The smallest absolute Gasteiger partial charge is 0.242 e. The van der Waals surface area contributed by atoms with Gasteiger partial charge in [0.1, 0.15) is 5.54 Å². The maximum absolute atomic E-state index is 12.5. The first kappa shape index (κ1) is 17.8. The van der Waals surface area contributed by atoms with Crippen LogP contribution in [0, 0.1) is 0 Å². The lowest BCUT2D eigenvalue weighted by Crippen LogP contribution is -2.47. The second-order valence-corrected chi connectivity index (χ2v) is 7.33. The van der Waals surface area contributed by atoms with Crippen molar-refractivity contribution in [3.8, 4) is 22.6 Å². The Hall–Kier alpha value is -2.60. The summed E-state index contributed by atoms with van der Waals surface area (Å²) in [5.74, 6) is 1.62. The molecule has 0 radical (unpaired) electrons.